The molecule has 110 valence electrons. The van der Waals surface area contributed by atoms with E-state index < -0.39 is 23.0 Å². The van der Waals surface area contributed by atoms with Gasteiger partial charge in [0.1, 0.15) is 11.8 Å². The van der Waals surface area contributed by atoms with Crippen LogP contribution in [0.1, 0.15) is 18.6 Å². The van der Waals surface area contributed by atoms with E-state index in [1.54, 1.807) is 7.05 Å². The van der Waals surface area contributed by atoms with Crippen molar-refractivity contribution in [2.24, 2.45) is 0 Å². The van der Waals surface area contributed by atoms with Crippen molar-refractivity contribution < 1.29 is 19.9 Å². The molecule has 1 rings (SSSR count). The summed E-state index contributed by atoms with van der Waals surface area (Å²) in [6.45, 7) is 1.38. The number of nitrogens with one attached hydrogen (secondary N) is 2. The summed E-state index contributed by atoms with van der Waals surface area (Å²) in [5.41, 5.74) is -0.0940. The largest absolute Gasteiger partial charge is 0.389 e. The Morgan fingerprint density at radius 3 is 2.60 bits per heavy atom. The number of hydrogen-bond donors (Lipinski definition) is 4. The number of likely N-dealkylation sites (N-methyl/N-ethyl adjacent to an activating group) is 1. The van der Waals surface area contributed by atoms with Gasteiger partial charge in [0.2, 0.25) is 5.91 Å². The minimum Gasteiger partial charge on any atom is -0.389 e. The topological polar surface area (TPSA) is 125 Å². The minimum absolute atomic E-state index is 0.0431. The molecule has 1 aromatic rings. The number of rotatable bonds is 6. The van der Waals surface area contributed by atoms with Crippen molar-refractivity contribution in [1.82, 2.24) is 5.32 Å². The Morgan fingerprint density at radius 1 is 1.45 bits per heavy atom. The number of nitro groups is 1. The molecule has 0 bridgehead atoms. The molecule has 0 aliphatic carbocycles. The summed E-state index contributed by atoms with van der Waals surface area (Å²) in [6.07, 6.45) is -2.35. The molecule has 1 aromatic carbocycles. The van der Waals surface area contributed by atoms with E-state index in [4.69, 9.17) is 0 Å². The molecule has 8 heteroatoms. The molecule has 0 radical (unpaired) electrons. The number of nitro benzene ring substituents is 1. The van der Waals surface area contributed by atoms with Gasteiger partial charge in [0.15, 0.2) is 0 Å². The smallest absolute Gasteiger partial charge is 0.293 e. The number of anilines is 1. The second kappa shape index (κ2) is 6.94. The van der Waals surface area contributed by atoms with Crippen LogP contribution in [0.4, 0.5) is 11.4 Å². The molecule has 0 aliphatic rings. The molecular formula is C12H17N3O5. The number of nitrogens with zero attached hydrogens (tertiary/aromatic N) is 1. The zero-order valence-corrected chi connectivity index (χ0v) is 11.2. The number of aliphatic hydroxyl groups excluding tert-OH is 2. The van der Waals surface area contributed by atoms with E-state index in [9.17, 15) is 25.1 Å². The number of benzene rings is 1. The van der Waals surface area contributed by atoms with Gasteiger partial charge in [0.05, 0.1) is 11.0 Å². The molecule has 0 aliphatic heterocycles. The zero-order valence-electron chi connectivity index (χ0n) is 11.2. The summed E-state index contributed by atoms with van der Waals surface area (Å²) in [4.78, 5) is 21.3. The molecule has 2 unspecified atom stereocenters. The molecule has 1 amide bonds. The maximum Gasteiger partial charge on any atom is 0.293 e. The van der Waals surface area contributed by atoms with Crippen LogP contribution in [0.3, 0.4) is 0 Å². The Bertz CT molecular complexity index is 506. The van der Waals surface area contributed by atoms with Gasteiger partial charge in [-0.15, -0.1) is 0 Å². The van der Waals surface area contributed by atoms with Gasteiger partial charge in [-0.2, -0.15) is 0 Å². The van der Waals surface area contributed by atoms with Crippen molar-refractivity contribution in [2.75, 3.05) is 18.9 Å². The van der Waals surface area contributed by atoms with E-state index in [2.05, 4.69) is 10.6 Å². The molecule has 0 saturated heterocycles. The summed E-state index contributed by atoms with van der Waals surface area (Å²) in [5, 5.41) is 35.6. The number of aliphatic hydroxyl groups is 2. The lowest BCUT2D eigenvalue weighted by atomic mass is 10.0. The second-order valence-electron chi connectivity index (χ2n) is 4.28. The molecule has 0 fully saturated rings. The first-order valence-corrected chi connectivity index (χ1v) is 5.93. The van der Waals surface area contributed by atoms with Gasteiger partial charge >= 0.3 is 0 Å². The highest BCUT2D eigenvalue weighted by Crippen LogP contribution is 2.29. The third-order valence-corrected chi connectivity index (χ3v) is 2.65. The maximum absolute atomic E-state index is 11.0. The van der Waals surface area contributed by atoms with Gasteiger partial charge in [-0.25, -0.2) is 0 Å². The van der Waals surface area contributed by atoms with E-state index in [0.717, 1.165) is 6.07 Å². The van der Waals surface area contributed by atoms with Crippen LogP contribution >= 0.6 is 0 Å². The highest BCUT2D eigenvalue weighted by molar-refractivity contribution is 5.91. The quantitative estimate of drug-likeness (QED) is 0.435. The van der Waals surface area contributed by atoms with Gasteiger partial charge in [0.25, 0.3) is 5.69 Å². The van der Waals surface area contributed by atoms with E-state index in [1.165, 1.54) is 19.1 Å². The Balaban J connectivity index is 3.09. The number of hydrogen-bond acceptors (Lipinski definition) is 6. The Kier molecular flexibility index (Phi) is 5.56. The van der Waals surface area contributed by atoms with Crippen molar-refractivity contribution in [3.63, 3.8) is 0 Å². The predicted octanol–water partition coefficient (Wildman–Crippen LogP) is 0.167. The predicted molar refractivity (Wildman–Crippen MR) is 72.3 cm³/mol. The molecule has 0 spiro atoms. The first kappa shape index (κ1) is 16.0. The lowest BCUT2D eigenvalue weighted by Gasteiger charge is -2.18. The summed E-state index contributed by atoms with van der Waals surface area (Å²) in [7, 11) is 1.61. The molecule has 0 heterocycles. The molecule has 2 atom stereocenters. The highest BCUT2D eigenvalue weighted by atomic mass is 16.6. The number of amides is 1. The van der Waals surface area contributed by atoms with Crippen molar-refractivity contribution >= 4 is 17.3 Å². The minimum atomic E-state index is -1.26. The fourth-order valence-electron chi connectivity index (χ4n) is 1.72. The maximum atomic E-state index is 11.0. The summed E-state index contributed by atoms with van der Waals surface area (Å²) < 4.78 is 0. The zero-order chi connectivity index (χ0) is 15.3. The average Bonchev–Trinajstić information content (AvgIpc) is 2.37. The van der Waals surface area contributed by atoms with Crippen LogP contribution < -0.4 is 10.6 Å². The monoisotopic (exact) mass is 283 g/mol. The highest BCUT2D eigenvalue weighted by Gasteiger charge is 2.22. The van der Waals surface area contributed by atoms with Crippen molar-refractivity contribution in [2.45, 2.75) is 19.1 Å². The van der Waals surface area contributed by atoms with E-state index in [0.29, 0.717) is 0 Å². The third kappa shape index (κ3) is 3.98. The number of carbonyl (C=O) groups excluding carboxylic acids is 1. The van der Waals surface area contributed by atoms with Crippen LogP contribution in [0.15, 0.2) is 18.2 Å². The van der Waals surface area contributed by atoms with Crippen LogP contribution in [-0.4, -0.2) is 40.7 Å². The van der Waals surface area contributed by atoms with E-state index in [-0.39, 0.29) is 23.5 Å². The SMILES string of the molecule is CNCC(O)C(O)c1ccc(NC(C)=O)c([N+](=O)[O-])c1. The van der Waals surface area contributed by atoms with Crippen LogP contribution in [-0.2, 0) is 4.79 Å². The molecule has 4 N–H and O–H groups in total. The molecule has 0 saturated carbocycles. The third-order valence-electron chi connectivity index (χ3n) is 2.65. The van der Waals surface area contributed by atoms with Crippen LogP contribution in [0.5, 0.6) is 0 Å². The first-order valence-electron chi connectivity index (χ1n) is 5.93. The van der Waals surface area contributed by atoms with Crippen molar-refractivity contribution in [3.8, 4) is 0 Å². The average molecular weight is 283 g/mol. The fourth-order valence-corrected chi connectivity index (χ4v) is 1.72. The van der Waals surface area contributed by atoms with Crippen LogP contribution in [0.2, 0.25) is 0 Å². The fraction of sp³-hybridized carbons (Fsp3) is 0.417. The van der Waals surface area contributed by atoms with Crippen molar-refractivity contribution in [1.29, 1.82) is 0 Å². The van der Waals surface area contributed by atoms with Gasteiger partial charge in [0, 0.05) is 19.5 Å². The summed E-state index contributed by atoms with van der Waals surface area (Å²) >= 11 is 0. The van der Waals surface area contributed by atoms with Crippen molar-refractivity contribution in [3.05, 3.63) is 33.9 Å². The first-order chi connectivity index (χ1) is 9.36. The standard InChI is InChI=1S/C12H17N3O5/c1-7(16)14-9-4-3-8(5-10(9)15(19)20)12(18)11(17)6-13-2/h3-5,11-13,17-18H,6H2,1-2H3,(H,14,16). The molecular weight excluding hydrogens is 266 g/mol. The summed E-state index contributed by atoms with van der Waals surface area (Å²) in [5.74, 6) is -0.434. The van der Waals surface area contributed by atoms with Gasteiger partial charge < -0.3 is 20.8 Å². The molecule has 8 nitrogen and oxygen atoms in total. The van der Waals surface area contributed by atoms with Gasteiger partial charge in [-0.05, 0) is 18.7 Å². The molecule has 0 aromatic heterocycles. The van der Waals surface area contributed by atoms with E-state index in [1.807, 2.05) is 0 Å². The Morgan fingerprint density at radius 2 is 2.10 bits per heavy atom. The lowest BCUT2D eigenvalue weighted by molar-refractivity contribution is -0.384. The van der Waals surface area contributed by atoms with Crippen LogP contribution in [0, 0.1) is 10.1 Å². The van der Waals surface area contributed by atoms with Gasteiger partial charge in [-0.3, -0.25) is 14.9 Å². The normalized spacial score (nSPS) is 13.6. The Labute approximate surface area is 115 Å². The Hall–Kier alpha value is -2.03. The lowest BCUT2D eigenvalue weighted by Crippen LogP contribution is -2.29. The van der Waals surface area contributed by atoms with Gasteiger partial charge in [-0.1, -0.05) is 6.07 Å². The second-order valence-corrected chi connectivity index (χ2v) is 4.28. The van der Waals surface area contributed by atoms with Crippen LogP contribution in [0.25, 0.3) is 0 Å². The van der Waals surface area contributed by atoms with E-state index >= 15 is 0 Å². The number of carbonyl (C=O) groups is 1. The summed E-state index contributed by atoms with van der Waals surface area (Å²) in [6, 6.07) is 3.88. The molecule has 20 heavy (non-hydrogen) atoms.